The Kier molecular flexibility index (Phi) is 4.30. The van der Waals surface area contributed by atoms with Gasteiger partial charge in [-0.1, -0.05) is 6.07 Å². The third kappa shape index (κ3) is 3.58. The zero-order valence-corrected chi connectivity index (χ0v) is 14.3. The highest BCUT2D eigenvalue weighted by Gasteiger charge is 2.48. The predicted molar refractivity (Wildman–Crippen MR) is 90.6 cm³/mol. The number of carbonyl (C=O) groups excluding carboxylic acids is 3. The molecule has 0 aromatic heterocycles. The van der Waals surface area contributed by atoms with Crippen molar-refractivity contribution in [2.75, 3.05) is 19.4 Å². The first-order valence-corrected chi connectivity index (χ1v) is 8.30. The number of nitrogens with zero attached hydrogens (tertiary/aromatic N) is 1. The van der Waals surface area contributed by atoms with Gasteiger partial charge in [-0.15, -0.1) is 0 Å². The topological polar surface area (TPSA) is 78.5 Å². The normalized spacial score (nSPS) is 21.8. The van der Waals surface area contributed by atoms with Crippen molar-refractivity contribution in [1.82, 2.24) is 10.2 Å². The maximum Gasteiger partial charge on any atom is 0.251 e. The van der Waals surface area contributed by atoms with Gasteiger partial charge >= 0.3 is 0 Å². The molecule has 0 bridgehead atoms. The molecular formula is C18H23N3O3. The number of hydrogen-bond acceptors (Lipinski definition) is 3. The SMILES string of the molecule is Cc1ccc(C(=O)NC2CC2)cc1NC(=O)[C@H]1C[C@H]1C(=O)N(C)C. The molecule has 3 amide bonds. The Hall–Kier alpha value is -2.37. The number of rotatable bonds is 5. The molecule has 2 aliphatic carbocycles. The van der Waals surface area contributed by atoms with Gasteiger partial charge in [0.25, 0.3) is 5.91 Å². The van der Waals surface area contributed by atoms with E-state index in [-0.39, 0.29) is 29.6 Å². The molecule has 2 atom stereocenters. The summed E-state index contributed by atoms with van der Waals surface area (Å²) in [6, 6.07) is 5.59. The van der Waals surface area contributed by atoms with Crippen LogP contribution in [0.3, 0.4) is 0 Å². The fraction of sp³-hybridized carbons (Fsp3) is 0.500. The van der Waals surface area contributed by atoms with E-state index in [1.165, 1.54) is 4.90 Å². The minimum Gasteiger partial charge on any atom is -0.349 e. The third-order valence-electron chi connectivity index (χ3n) is 4.56. The van der Waals surface area contributed by atoms with Gasteiger partial charge in [-0.2, -0.15) is 0 Å². The lowest BCUT2D eigenvalue weighted by Gasteiger charge is -2.12. The zero-order chi connectivity index (χ0) is 17.4. The molecule has 2 aliphatic rings. The van der Waals surface area contributed by atoms with E-state index in [2.05, 4.69) is 10.6 Å². The highest BCUT2D eigenvalue weighted by atomic mass is 16.2. The van der Waals surface area contributed by atoms with Crippen LogP contribution in [0.15, 0.2) is 18.2 Å². The average Bonchev–Trinajstić information content (AvgIpc) is 3.42. The smallest absolute Gasteiger partial charge is 0.251 e. The minimum absolute atomic E-state index is 0.00978. The highest BCUT2D eigenvalue weighted by Crippen LogP contribution is 2.40. The fourth-order valence-electron chi connectivity index (χ4n) is 2.71. The van der Waals surface area contributed by atoms with Gasteiger partial charge in [0.2, 0.25) is 11.8 Å². The van der Waals surface area contributed by atoms with Gasteiger partial charge in [-0.25, -0.2) is 0 Å². The van der Waals surface area contributed by atoms with Gasteiger partial charge in [0.15, 0.2) is 0 Å². The maximum atomic E-state index is 12.4. The molecular weight excluding hydrogens is 306 g/mol. The second-order valence-corrected chi connectivity index (χ2v) is 6.95. The molecule has 6 heteroatoms. The molecule has 0 spiro atoms. The summed E-state index contributed by atoms with van der Waals surface area (Å²) in [6.45, 7) is 1.88. The van der Waals surface area contributed by atoms with E-state index in [4.69, 9.17) is 0 Å². The van der Waals surface area contributed by atoms with Crippen molar-refractivity contribution in [3.05, 3.63) is 29.3 Å². The van der Waals surface area contributed by atoms with Crippen molar-refractivity contribution in [2.45, 2.75) is 32.2 Å². The van der Waals surface area contributed by atoms with Gasteiger partial charge in [0.1, 0.15) is 0 Å². The fourth-order valence-corrected chi connectivity index (χ4v) is 2.71. The summed E-state index contributed by atoms with van der Waals surface area (Å²) in [5.74, 6) is -0.771. The number of amides is 3. The van der Waals surface area contributed by atoms with Crippen molar-refractivity contribution in [3.63, 3.8) is 0 Å². The molecule has 6 nitrogen and oxygen atoms in total. The molecule has 1 aromatic carbocycles. The quantitative estimate of drug-likeness (QED) is 0.860. The van der Waals surface area contributed by atoms with Crippen LogP contribution in [0.5, 0.6) is 0 Å². The maximum absolute atomic E-state index is 12.4. The van der Waals surface area contributed by atoms with Crippen LogP contribution in [-0.4, -0.2) is 42.8 Å². The number of hydrogen-bond donors (Lipinski definition) is 2. The molecule has 0 unspecified atom stereocenters. The molecule has 2 N–H and O–H groups in total. The van der Waals surface area contributed by atoms with Crippen LogP contribution < -0.4 is 10.6 Å². The van der Waals surface area contributed by atoms with Crippen LogP contribution in [0.25, 0.3) is 0 Å². The number of aryl methyl sites for hydroxylation is 1. The molecule has 24 heavy (non-hydrogen) atoms. The van der Waals surface area contributed by atoms with E-state index in [1.54, 1.807) is 26.2 Å². The van der Waals surface area contributed by atoms with Crippen LogP contribution in [0.2, 0.25) is 0 Å². The van der Waals surface area contributed by atoms with Gasteiger partial charge in [-0.05, 0) is 43.9 Å². The number of nitrogens with one attached hydrogen (secondary N) is 2. The third-order valence-corrected chi connectivity index (χ3v) is 4.56. The average molecular weight is 329 g/mol. The van der Waals surface area contributed by atoms with Gasteiger partial charge in [0.05, 0.1) is 11.8 Å². The summed E-state index contributed by atoms with van der Waals surface area (Å²) >= 11 is 0. The highest BCUT2D eigenvalue weighted by molar-refractivity contribution is 6.01. The Labute approximate surface area is 141 Å². The monoisotopic (exact) mass is 329 g/mol. The van der Waals surface area contributed by atoms with Crippen molar-refractivity contribution in [2.24, 2.45) is 11.8 Å². The second-order valence-electron chi connectivity index (χ2n) is 6.95. The molecule has 128 valence electrons. The number of anilines is 1. The van der Waals surface area contributed by atoms with Crippen molar-refractivity contribution < 1.29 is 14.4 Å². The Morgan fingerprint density at radius 3 is 2.46 bits per heavy atom. The lowest BCUT2D eigenvalue weighted by atomic mass is 10.1. The van der Waals surface area contributed by atoms with E-state index in [0.717, 1.165) is 18.4 Å². The zero-order valence-electron chi connectivity index (χ0n) is 14.3. The molecule has 3 rings (SSSR count). The standard InChI is InChI=1S/C18H23N3O3/c1-10-4-5-11(16(22)19-12-6-7-12)8-15(10)20-17(23)13-9-14(13)18(24)21(2)3/h4-5,8,12-14H,6-7,9H2,1-3H3,(H,19,22)(H,20,23)/t13-,14+/m0/s1. The van der Waals surface area contributed by atoms with E-state index >= 15 is 0 Å². The van der Waals surface area contributed by atoms with Gasteiger partial charge in [-0.3, -0.25) is 14.4 Å². The minimum atomic E-state index is -0.275. The van der Waals surface area contributed by atoms with Crippen molar-refractivity contribution in [1.29, 1.82) is 0 Å². The van der Waals surface area contributed by atoms with Gasteiger partial charge < -0.3 is 15.5 Å². The summed E-state index contributed by atoms with van der Waals surface area (Å²) in [5.41, 5.74) is 2.06. The molecule has 0 saturated heterocycles. The first kappa shape index (κ1) is 16.5. The Balaban J connectivity index is 1.65. The van der Waals surface area contributed by atoms with E-state index in [9.17, 15) is 14.4 Å². The number of benzene rings is 1. The predicted octanol–water partition coefficient (Wildman–Crippen LogP) is 1.55. The summed E-state index contributed by atoms with van der Waals surface area (Å²) < 4.78 is 0. The largest absolute Gasteiger partial charge is 0.349 e. The van der Waals surface area contributed by atoms with Crippen molar-refractivity contribution in [3.8, 4) is 0 Å². The number of carbonyl (C=O) groups is 3. The van der Waals surface area contributed by atoms with Crippen molar-refractivity contribution >= 4 is 23.4 Å². The van der Waals surface area contributed by atoms with E-state index in [0.29, 0.717) is 23.7 Å². The van der Waals surface area contributed by atoms with E-state index in [1.807, 2.05) is 13.0 Å². The van der Waals surface area contributed by atoms with Crippen LogP contribution in [0.1, 0.15) is 35.2 Å². The summed E-state index contributed by atoms with van der Waals surface area (Å²) in [4.78, 5) is 37.9. The van der Waals surface area contributed by atoms with Gasteiger partial charge in [0, 0.05) is 31.4 Å². The second kappa shape index (κ2) is 6.26. The summed E-state index contributed by atoms with van der Waals surface area (Å²) in [7, 11) is 3.39. The lowest BCUT2D eigenvalue weighted by Crippen LogP contribution is -2.27. The van der Waals surface area contributed by atoms with Crippen LogP contribution in [0, 0.1) is 18.8 Å². The van der Waals surface area contributed by atoms with E-state index < -0.39 is 0 Å². The Morgan fingerprint density at radius 2 is 1.83 bits per heavy atom. The Morgan fingerprint density at radius 1 is 1.12 bits per heavy atom. The molecule has 2 saturated carbocycles. The lowest BCUT2D eigenvalue weighted by molar-refractivity contribution is -0.131. The molecule has 0 aliphatic heterocycles. The Bertz CT molecular complexity index is 695. The van der Waals surface area contributed by atoms with Crippen LogP contribution in [0.4, 0.5) is 5.69 Å². The first-order valence-electron chi connectivity index (χ1n) is 8.30. The summed E-state index contributed by atoms with van der Waals surface area (Å²) in [6.07, 6.45) is 2.65. The molecule has 1 aromatic rings. The first-order chi connectivity index (χ1) is 11.4. The molecule has 2 fully saturated rings. The van der Waals surface area contributed by atoms with Crippen LogP contribution in [-0.2, 0) is 9.59 Å². The van der Waals surface area contributed by atoms with Crippen LogP contribution >= 0.6 is 0 Å². The molecule has 0 radical (unpaired) electrons. The molecule has 0 heterocycles. The summed E-state index contributed by atoms with van der Waals surface area (Å²) in [5, 5.41) is 5.81.